The fraction of sp³-hybridized carbons (Fsp3) is 0.579. The molecule has 0 saturated carbocycles. The molecule has 1 saturated heterocycles. The number of hydrogen-bond donors (Lipinski definition) is 1. The minimum atomic E-state index is -0.132. The highest BCUT2D eigenvalue weighted by Gasteiger charge is 2.19. The maximum absolute atomic E-state index is 4.50. The van der Waals surface area contributed by atoms with Crippen LogP contribution in [0.2, 0.25) is 0 Å². The number of aromatic nitrogens is 6. The summed E-state index contributed by atoms with van der Waals surface area (Å²) in [4.78, 5) is 11.3. The molecule has 0 aromatic carbocycles. The molecule has 4 heterocycles. The van der Waals surface area contributed by atoms with Gasteiger partial charge in [-0.3, -0.25) is 4.68 Å². The predicted octanol–water partition coefficient (Wildman–Crippen LogP) is 3.01. The number of anilines is 2. The smallest absolute Gasteiger partial charge is 0.163 e. The summed E-state index contributed by atoms with van der Waals surface area (Å²) in [6, 6.07) is 0. The third-order valence-corrected chi connectivity index (χ3v) is 4.99. The van der Waals surface area contributed by atoms with E-state index in [1.165, 1.54) is 32.4 Å². The molecule has 8 nitrogen and oxygen atoms in total. The van der Waals surface area contributed by atoms with Crippen molar-refractivity contribution in [2.75, 3.05) is 25.0 Å². The molecule has 1 aliphatic rings. The zero-order valence-electron chi connectivity index (χ0n) is 16.4. The van der Waals surface area contributed by atoms with E-state index in [4.69, 9.17) is 0 Å². The summed E-state index contributed by atoms with van der Waals surface area (Å²) in [6.45, 7) is 10.7. The maximum atomic E-state index is 4.50. The van der Waals surface area contributed by atoms with Gasteiger partial charge in [-0.15, -0.1) is 0 Å². The van der Waals surface area contributed by atoms with Crippen LogP contribution in [0.25, 0.3) is 11.0 Å². The molecule has 1 aliphatic heterocycles. The van der Waals surface area contributed by atoms with Crippen molar-refractivity contribution < 1.29 is 0 Å². The third-order valence-electron chi connectivity index (χ3n) is 4.99. The lowest BCUT2D eigenvalue weighted by Gasteiger charge is -2.26. The molecular formula is C19H28N8. The number of nitrogens with zero attached hydrogens (tertiary/aromatic N) is 7. The number of piperidine rings is 1. The van der Waals surface area contributed by atoms with E-state index in [0.717, 1.165) is 35.6 Å². The third kappa shape index (κ3) is 3.95. The minimum absolute atomic E-state index is 0.132. The number of likely N-dealkylation sites (tertiary alicyclic amines) is 1. The van der Waals surface area contributed by atoms with E-state index < -0.39 is 0 Å². The zero-order valence-corrected chi connectivity index (χ0v) is 16.4. The Hall–Kier alpha value is -2.48. The van der Waals surface area contributed by atoms with Crippen molar-refractivity contribution in [2.45, 2.75) is 52.1 Å². The lowest BCUT2D eigenvalue weighted by Crippen LogP contribution is -2.32. The van der Waals surface area contributed by atoms with Crippen molar-refractivity contribution in [3.63, 3.8) is 0 Å². The summed E-state index contributed by atoms with van der Waals surface area (Å²) in [7, 11) is 0. The molecule has 1 N–H and O–H groups in total. The van der Waals surface area contributed by atoms with Crippen LogP contribution < -0.4 is 5.32 Å². The Balaban J connectivity index is 1.46. The van der Waals surface area contributed by atoms with Crippen LogP contribution in [0.1, 0.15) is 40.0 Å². The average Bonchev–Trinajstić information content (AvgIpc) is 3.28. The van der Waals surface area contributed by atoms with Gasteiger partial charge in [0.1, 0.15) is 12.1 Å². The Morgan fingerprint density at radius 1 is 1.00 bits per heavy atom. The molecule has 8 heteroatoms. The molecule has 27 heavy (non-hydrogen) atoms. The summed E-state index contributed by atoms with van der Waals surface area (Å²) in [5.41, 5.74) is 1.63. The topological polar surface area (TPSA) is 76.7 Å². The van der Waals surface area contributed by atoms with Crippen LogP contribution in [-0.2, 0) is 12.1 Å². The van der Waals surface area contributed by atoms with Crippen LogP contribution in [0.15, 0.2) is 24.9 Å². The first-order valence-electron chi connectivity index (χ1n) is 9.72. The fourth-order valence-corrected chi connectivity index (χ4v) is 3.55. The van der Waals surface area contributed by atoms with Gasteiger partial charge < -0.3 is 10.2 Å². The van der Waals surface area contributed by atoms with Crippen LogP contribution in [0.4, 0.5) is 11.5 Å². The predicted molar refractivity (Wildman–Crippen MR) is 106 cm³/mol. The monoisotopic (exact) mass is 368 g/mol. The van der Waals surface area contributed by atoms with Gasteiger partial charge in [-0.1, -0.05) is 6.42 Å². The largest absolute Gasteiger partial charge is 0.337 e. The molecule has 0 bridgehead atoms. The zero-order chi connectivity index (χ0) is 18.9. The quantitative estimate of drug-likeness (QED) is 0.746. The Labute approximate surface area is 159 Å². The second-order valence-electron chi connectivity index (χ2n) is 8.21. The summed E-state index contributed by atoms with van der Waals surface area (Å²) >= 11 is 0. The highest BCUT2D eigenvalue weighted by molar-refractivity contribution is 5.88. The van der Waals surface area contributed by atoms with Crippen molar-refractivity contribution in [2.24, 2.45) is 0 Å². The van der Waals surface area contributed by atoms with Crippen molar-refractivity contribution in [1.29, 1.82) is 0 Å². The summed E-state index contributed by atoms with van der Waals surface area (Å²) in [6.07, 6.45) is 11.3. The second-order valence-corrected chi connectivity index (χ2v) is 8.21. The van der Waals surface area contributed by atoms with E-state index in [1.807, 2.05) is 28.0 Å². The average molecular weight is 368 g/mol. The lowest BCUT2D eigenvalue weighted by atomic mass is 10.1. The molecule has 3 aromatic rings. The van der Waals surface area contributed by atoms with Gasteiger partial charge in [0.05, 0.1) is 35.6 Å². The van der Waals surface area contributed by atoms with Gasteiger partial charge in [0, 0.05) is 12.7 Å². The molecule has 0 unspecified atom stereocenters. The van der Waals surface area contributed by atoms with Crippen LogP contribution in [0.3, 0.4) is 0 Å². The Bertz CT molecular complexity index is 898. The Morgan fingerprint density at radius 2 is 1.81 bits per heavy atom. The maximum Gasteiger partial charge on any atom is 0.163 e. The van der Waals surface area contributed by atoms with Crippen LogP contribution >= 0.6 is 0 Å². The van der Waals surface area contributed by atoms with Crippen LogP contribution in [0, 0.1) is 0 Å². The van der Waals surface area contributed by atoms with Gasteiger partial charge in [0.15, 0.2) is 5.65 Å². The van der Waals surface area contributed by atoms with Gasteiger partial charge >= 0.3 is 0 Å². The fourth-order valence-electron chi connectivity index (χ4n) is 3.55. The van der Waals surface area contributed by atoms with Crippen molar-refractivity contribution in [3.8, 4) is 0 Å². The van der Waals surface area contributed by atoms with Crippen molar-refractivity contribution in [1.82, 2.24) is 34.4 Å². The van der Waals surface area contributed by atoms with Crippen molar-refractivity contribution >= 4 is 22.5 Å². The first-order chi connectivity index (χ1) is 13.0. The van der Waals surface area contributed by atoms with Gasteiger partial charge in [0.2, 0.25) is 0 Å². The molecule has 144 valence electrons. The molecule has 0 aliphatic carbocycles. The van der Waals surface area contributed by atoms with E-state index in [-0.39, 0.29) is 5.54 Å². The molecule has 0 amide bonds. The first kappa shape index (κ1) is 17.9. The SMILES string of the molecule is CC(C)(C)n1ncc2c(Nc3cnn(CCN4CCCCC4)c3)ncnc21. The molecule has 1 fully saturated rings. The number of nitrogens with one attached hydrogen (secondary N) is 1. The molecule has 3 aromatic heterocycles. The molecule has 0 atom stereocenters. The summed E-state index contributed by atoms with van der Waals surface area (Å²) in [5.74, 6) is 0.756. The van der Waals surface area contributed by atoms with E-state index in [2.05, 4.69) is 51.2 Å². The Kier molecular flexibility index (Phi) is 4.82. The molecular weight excluding hydrogens is 340 g/mol. The standard InChI is InChI=1S/C19H28N8/c1-19(2,3)27-18-16(12-23-27)17(20-14-21-18)24-15-11-22-26(13-15)10-9-25-7-5-4-6-8-25/h11-14H,4-10H2,1-3H3,(H,20,21,24). The lowest BCUT2D eigenvalue weighted by molar-refractivity contribution is 0.218. The Morgan fingerprint density at radius 3 is 2.59 bits per heavy atom. The molecule has 4 rings (SSSR count). The van der Waals surface area contributed by atoms with Gasteiger partial charge in [-0.05, 0) is 46.7 Å². The van der Waals surface area contributed by atoms with E-state index >= 15 is 0 Å². The summed E-state index contributed by atoms with van der Waals surface area (Å²) in [5, 5.41) is 13.3. The van der Waals surface area contributed by atoms with E-state index in [9.17, 15) is 0 Å². The normalized spacial score (nSPS) is 16.1. The first-order valence-corrected chi connectivity index (χ1v) is 9.72. The van der Waals surface area contributed by atoms with Gasteiger partial charge in [-0.25, -0.2) is 14.6 Å². The highest BCUT2D eigenvalue weighted by Crippen LogP contribution is 2.26. The van der Waals surface area contributed by atoms with E-state index in [1.54, 1.807) is 6.33 Å². The highest BCUT2D eigenvalue weighted by atomic mass is 15.3. The molecule has 0 radical (unpaired) electrons. The number of rotatable bonds is 5. The van der Waals surface area contributed by atoms with Gasteiger partial charge in [-0.2, -0.15) is 10.2 Å². The van der Waals surface area contributed by atoms with Crippen LogP contribution in [-0.4, -0.2) is 54.1 Å². The minimum Gasteiger partial charge on any atom is -0.337 e. The summed E-state index contributed by atoms with van der Waals surface area (Å²) < 4.78 is 3.92. The van der Waals surface area contributed by atoms with Crippen molar-refractivity contribution in [3.05, 3.63) is 24.9 Å². The number of hydrogen-bond acceptors (Lipinski definition) is 6. The van der Waals surface area contributed by atoms with E-state index in [0.29, 0.717) is 0 Å². The van der Waals surface area contributed by atoms with Gasteiger partial charge in [0.25, 0.3) is 0 Å². The number of fused-ring (bicyclic) bond motifs is 1. The van der Waals surface area contributed by atoms with Crippen LogP contribution in [0.5, 0.6) is 0 Å². The molecule has 0 spiro atoms. The second kappa shape index (κ2) is 7.26.